The first-order valence-corrected chi connectivity index (χ1v) is 13.1. The second-order valence-electron chi connectivity index (χ2n) is 8.34. The van der Waals surface area contributed by atoms with Crippen LogP contribution >= 0.6 is 23.2 Å². The van der Waals surface area contributed by atoms with E-state index in [2.05, 4.69) is 11.6 Å². The number of aryl methyl sites for hydroxylation is 1. The lowest BCUT2D eigenvalue weighted by molar-refractivity contribution is 0.0758. The molecule has 0 saturated heterocycles. The van der Waals surface area contributed by atoms with Crippen LogP contribution in [0.25, 0.3) is 0 Å². The highest BCUT2D eigenvalue weighted by Gasteiger charge is 2.27. The summed E-state index contributed by atoms with van der Waals surface area (Å²) in [7, 11) is -3.72. The molecule has 9 heteroatoms. The van der Waals surface area contributed by atoms with Crippen LogP contribution in [0.2, 0.25) is 10.0 Å². The summed E-state index contributed by atoms with van der Waals surface area (Å²) in [6, 6.07) is 11.9. The lowest BCUT2D eigenvalue weighted by Crippen LogP contribution is -2.32. The SMILES string of the molecule is C=CCN(Cc1cnc(S(=O)(=O)Cc2ccc(C)cc2)n1C(C)C)C(=O)c1ccc(Cl)cc1Cl. The molecule has 0 spiro atoms. The van der Waals surface area contributed by atoms with Crippen molar-refractivity contribution in [3.05, 3.63) is 93.7 Å². The van der Waals surface area contributed by atoms with Gasteiger partial charge >= 0.3 is 0 Å². The van der Waals surface area contributed by atoms with Gasteiger partial charge in [-0.05, 0) is 44.5 Å². The number of hydrogen-bond acceptors (Lipinski definition) is 4. The van der Waals surface area contributed by atoms with Crippen molar-refractivity contribution >= 4 is 38.9 Å². The van der Waals surface area contributed by atoms with Gasteiger partial charge in [0.2, 0.25) is 15.0 Å². The van der Waals surface area contributed by atoms with Crippen molar-refractivity contribution in [2.24, 2.45) is 0 Å². The molecule has 0 saturated carbocycles. The first kappa shape index (κ1) is 26.0. The van der Waals surface area contributed by atoms with Crippen LogP contribution in [0.3, 0.4) is 0 Å². The van der Waals surface area contributed by atoms with Gasteiger partial charge in [-0.1, -0.05) is 59.1 Å². The Morgan fingerprint density at radius 1 is 1.18 bits per heavy atom. The molecular weight excluding hydrogens is 493 g/mol. The molecule has 0 fully saturated rings. The normalized spacial score (nSPS) is 11.6. The Balaban J connectivity index is 1.95. The van der Waals surface area contributed by atoms with E-state index in [-0.39, 0.29) is 41.0 Å². The van der Waals surface area contributed by atoms with E-state index in [1.165, 1.54) is 17.2 Å². The molecule has 6 nitrogen and oxygen atoms in total. The summed E-state index contributed by atoms with van der Waals surface area (Å²) >= 11 is 12.2. The van der Waals surface area contributed by atoms with Gasteiger partial charge in [0, 0.05) is 17.6 Å². The molecule has 34 heavy (non-hydrogen) atoms. The third-order valence-corrected chi connectivity index (χ3v) is 7.38. The van der Waals surface area contributed by atoms with Crippen LogP contribution in [0.15, 0.2) is 66.5 Å². The maximum atomic E-state index is 13.3. The van der Waals surface area contributed by atoms with Crippen LogP contribution in [0.5, 0.6) is 0 Å². The van der Waals surface area contributed by atoms with E-state index in [1.807, 2.05) is 32.9 Å². The van der Waals surface area contributed by atoms with Gasteiger partial charge in [0.05, 0.1) is 34.8 Å². The minimum absolute atomic E-state index is 0.0198. The van der Waals surface area contributed by atoms with Crippen LogP contribution in [0.1, 0.15) is 47.1 Å². The molecule has 0 unspecified atom stereocenters. The van der Waals surface area contributed by atoms with Crippen molar-refractivity contribution < 1.29 is 13.2 Å². The standard InChI is InChI=1S/C25H27Cl2N3O3S/c1-5-12-29(24(31)22-11-10-20(26)13-23(22)27)15-21-14-28-25(30(21)17(2)3)34(32,33)16-19-8-6-18(4)7-9-19/h5-11,13-14,17H,1,12,15-16H2,2-4H3. The number of rotatable bonds is 9. The van der Waals surface area contributed by atoms with E-state index in [9.17, 15) is 13.2 Å². The summed E-state index contributed by atoms with van der Waals surface area (Å²) in [5.41, 5.74) is 2.64. The zero-order chi connectivity index (χ0) is 25.0. The molecule has 0 aliphatic carbocycles. The van der Waals surface area contributed by atoms with Gasteiger partial charge in [-0.2, -0.15) is 0 Å². The van der Waals surface area contributed by atoms with E-state index in [0.29, 0.717) is 21.8 Å². The summed E-state index contributed by atoms with van der Waals surface area (Å²) in [5, 5.41) is 0.650. The largest absolute Gasteiger partial charge is 0.329 e. The van der Waals surface area contributed by atoms with Crippen molar-refractivity contribution in [3.8, 4) is 0 Å². The smallest absolute Gasteiger partial charge is 0.256 e. The Hall–Kier alpha value is -2.61. The molecule has 180 valence electrons. The molecule has 1 amide bonds. The van der Waals surface area contributed by atoms with Gasteiger partial charge in [0.15, 0.2) is 0 Å². The van der Waals surface area contributed by atoms with Gasteiger partial charge < -0.3 is 9.47 Å². The van der Waals surface area contributed by atoms with Gasteiger partial charge in [0.25, 0.3) is 5.91 Å². The van der Waals surface area contributed by atoms with E-state index < -0.39 is 9.84 Å². The second kappa shape index (κ2) is 10.8. The third-order valence-electron chi connectivity index (χ3n) is 5.26. The zero-order valence-electron chi connectivity index (χ0n) is 19.3. The summed E-state index contributed by atoms with van der Waals surface area (Å²) in [6.45, 7) is 9.83. The Morgan fingerprint density at radius 3 is 2.44 bits per heavy atom. The van der Waals surface area contributed by atoms with E-state index in [4.69, 9.17) is 23.2 Å². The number of nitrogens with zero attached hydrogens (tertiary/aromatic N) is 3. The fourth-order valence-corrected chi connectivity index (χ4v) is 5.74. The Labute approximate surface area is 210 Å². The van der Waals surface area contributed by atoms with Gasteiger partial charge in [-0.25, -0.2) is 13.4 Å². The number of carbonyl (C=O) groups excluding carboxylic acids is 1. The molecule has 0 aliphatic rings. The molecule has 1 heterocycles. The van der Waals surface area contributed by atoms with Crippen LogP contribution in [-0.2, 0) is 22.1 Å². The van der Waals surface area contributed by atoms with Crippen molar-refractivity contribution in [1.29, 1.82) is 0 Å². The van der Waals surface area contributed by atoms with Crippen LogP contribution in [-0.4, -0.2) is 35.3 Å². The lowest BCUT2D eigenvalue weighted by Gasteiger charge is -2.24. The van der Waals surface area contributed by atoms with Crippen molar-refractivity contribution in [2.75, 3.05) is 6.54 Å². The summed E-state index contributed by atoms with van der Waals surface area (Å²) in [5.74, 6) is -0.478. The van der Waals surface area contributed by atoms with Crippen LogP contribution in [0, 0.1) is 6.92 Å². The topological polar surface area (TPSA) is 72.3 Å². The number of hydrogen-bond donors (Lipinski definition) is 0. The van der Waals surface area contributed by atoms with Gasteiger partial charge in [-0.3, -0.25) is 4.79 Å². The van der Waals surface area contributed by atoms with Crippen molar-refractivity contribution in [2.45, 2.75) is 44.3 Å². The Morgan fingerprint density at radius 2 is 1.85 bits per heavy atom. The zero-order valence-corrected chi connectivity index (χ0v) is 21.7. The maximum Gasteiger partial charge on any atom is 0.256 e. The van der Waals surface area contributed by atoms with Crippen molar-refractivity contribution in [1.82, 2.24) is 14.5 Å². The lowest BCUT2D eigenvalue weighted by atomic mass is 10.2. The van der Waals surface area contributed by atoms with Gasteiger partial charge in [-0.15, -0.1) is 6.58 Å². The minimum atomic E-state index is -3.72. The Kier molecular flexibility index (Phi) is 8.23. The number of halogens is 2. The molecule has 0 N–H and O–H groups in total. The minimum Gasteiger partial charge on any atom is -0.329 e. The molecule has 0 atom stereocenters. The number of benzene rings is 2. The van der Waals surface area contributed by atoms with Crippen LogP contribution < -0.4 is 0 Å². The highest BCUT2D eigenvalue weighted by atomic mass is 35.5. The molecule has 0 aliphatic heterocycles. The van der Waals surface area contributed by atoms with Gasteiger partial charge in [0.1, 0.15) is 0 Å². The fraction of sp³-hybridized carbons (Fsp3) is 0.280. The van der Waals surface area contributed by atoms with Crippen LogP contribution in [0.4, 0.5) is 0 Å². The number of sulfone groups is 1. The maximum absolute atomic E-state index is 13.3. The van der Waals surface area contributed by atoms with E-state index >= 15 is 0 Å². The highest BCUT2D eigenvalue weighted by Crippen LogP contribution is 2.26. The number of aromatic nitrogens is 2. The number of imidazole rings is 1. The predicted molar refractivity (Wildman–Crippen MR) is 136 cm³/mol. The second-order valence-corrected chi connectivity index (χ2v) is 11.1. The first-order valence-electron chi connectivity index (χ1n) is 10.7. The average Bonchev–Trinajstić information content (AvgIpc) is 3.19. The van der Waals surface area contributed by atoms with E-state index in [1.54, 1.807) is 34.9 Å². The predicted octanol–water partition coefficient (Wildman–Crippen LogP) is 5.88. The summed E-state index contributed by atoms with van der Waals surface area (Å²) in [4.78, 5) is 19.0. The third kappa shape index (κ3) is 5.90. The summed E-state index contributed by atoms with van der Waals surface area (Å²) in [6.07, 6.45) is 3.11. The highest BCUT2D eigenvalue weighted by molar-refractivity contribution is 7.90. The first-order chi connectivity index (χ1) is 16.0. The molecular formula is C25H27Cl2N3O3S. The number of amides is 1. The number of carbonyl (C=O) groups is 1. The Bertz CT molecular complexity index is 1300. The van der Waals surface area contributed by atoms with E-state index in [0.717, 1.165) is 5.56 Å². The van der Waals surface area contributed by atoms with Crippen molar-refractivity contribution in [3.63, 3.8) is 0 Å². The molecule has 0 radical (unpaired) electrons. The molecule has 3 aromatic rings. The summed E-state index contributed by atoms with van der Waals surface area (Å²) < 4.78 is 28.2. The molecule has 1 aromatic heterocycles. The molecule has 0 bridgehead atoms. The molecule has 3 rings (SSSR count). The average molecular weight is 520 g/mol. The fourth-order valence-electron chi connectivity index (χ4n) is 3.65. The monoisotopic (exact) mass is 519 g/mol. The quantitative estimate of drug-likeness (QED) is 0.330. The molecule has 2 aromatic carbocycles.